The fourth-order valence-corrected chi connectivity index (χ4v) is 1.19. The van der Waals surface area contributed by atoms with Crippen molar-refractivity contribution in [2.45, 2.75) is 17.5 Å². The molecule has 0 radical (unpaired) electrons. The first kappa shape index (κ1) is 9.99. The minimum atomic E-state index is 0.586. The summed E-state index contributed by atoms with van der Waals surface area (Å²) < 4.78 is 0.586. The lowest BCUT2D eigenvalue weighted by Gasteiger charge is -2.19. The van der Waals surface area contributed by atoms with Gasteiger partial charge in [-0.05, 0) is 19.5 Å². The van der Waals surface area contributed by atoms with E-state index in [0.717, 1.165) is 6.54 Å². The monoisotopic (exact) mass is 275 g/mol. The van der Waals surface area contributed by atoms with E-state index >= 15 is 0 Å². The Kier molecular flexibility index (Phi) is 4.01. The molecular weight excluding hydrogens is 261 g/mol. The van der Waals surface area contributed by atoms with Crippen LogP contribution in [-0.2, 0) is 6.54 Å². The van der Waals surface area contributed by atoms with Crippen LogP contribution >= 0.6 is 22.6 Å². The third kappa shape index (κ3) is 3.11. The molecule has 0 aliphatic heterocycles. The highest BCUT2D eigenvalue weighted by molar-refractivity contribution is 14.1. The highest BCUT2D eigenvalue weighted by Gasteiger charge is 2.03. The lowest BCUT2D eigenvalue weighted by molar-refractivity contribution is 0.332. The number of halogens is 1. The zero-order valence-corrected chi connectivity index (χ0v) is 9.65. The van der Waals surface area contributed by atoms with Crippen LogP contribution in [0.1, 0.15) is 12.5 Å². The van der Waals surface area contributed by atoms with Gasteiger partial charge < -0.3 is 0 Å². The second-order valence-corrected chi connectivity index (χ2v) is 4.78. The van der Waals surface area contributed by atoms with Gasteiger partial charge in [-0.3, -0.25) is 4.90 Å². The molecule has 1 aromatic rings. The Bertz CT molecular complexity index is 221. The summed E-state index contributed by atoms with van der Waals surface area (Å²) in [4.78, 5) is 2.32. The van der Waals surface area contributed by atoms with Crippen LogP contribution in [-0.4, -0.2) is 16.0 Å². The average molecular weight is 275 g/mol. The summed E-state index contributed by atoms with van der Waals surface area (Å²) in [5.41, 5.74) is 1.38. The highest BCUT2D eigenvalue weighted by Crippen LogP contribution is 2.09. The second kappa shape index (κ2) is 4.82. The molecule has 0 heterocycles. The number of hydrogen-bond acceptors (Lipinski definition) is 1. The first-order chi connectivity index (χ1) is 5.70. The molecule has 0 amide bonds. The summed E-state index contributed by atoms with van der Waals surface area (Å²) in [6.07, 6.45) is 0. The first-order valence-electron chi connectivity index (χ1n) is 4.08. The summed E-state index contributed by atoms with van der Waals surface area (Å²) in [5.74, 6) is 0. The van der Waals surface area contributed by atoms with Crippen LogP contribution < -0.4 is 0 Å². The van der Waals surface area contributed by atoms with Crippen molar-refractivity contribution in [2.24, 2.45) is 0 Å². The molecule has 0 spiro atoms. The Morgan fingerprint density at radius 3 is 2.42 bits per heavy atom. The highest BCUT2D eigenvalue weighted by atomic mass is 127. The van der Waals surface area contributed by atoms with E-state index in [1.807, 2.05) is 0 Å². The van der Waals surface area contributed by atoms with E-state index in [1.165, 1.54) is 5.56 Å². The normalized spacial score (nSPS) is 13.3. The molecule has 0 saturated carbocycles. The van der Waals surface area contributed by atoms with Crippen molar-refractivity contribution < 1.29 is 0 Å². The van der Waals surface area contributed by atoms with Gasteiger partial charge in [0.1, 0.15) is 0 Å². The van der Waals surface area contributed by atoms with Crippen molar-refractivity contribution in [1.82, 2.24) is 4.90 Å². The Hall–Kier alpha value is -0.0900. The first-order valence-corrected chi connectivity index (χ1v) is 5.33. The van der Waals surface area contributed by atoms with E-state index < -0.39 is 0 Å². The number of benzene rings is 1. The summed E-state index contributed by atoms with van der Waals surface area (Å²) >= 11 is 2.42. The van der Waals surface area contributed by atoms with Crippen molar-refractivity contribution in [1.29, 1.82) is 0 Å². The van der Waals surface area contributed by atoms with Crippen LogP contribution in [0, 0.1) is 0 Å². The zero-order chi connectivity index (χ0) is 8.97. The maximum atomic E-state index is 2.42. The molecule has 0 aliphatic carbocycles. The summed E-state index contributed by atoms with van der Waals surface area (Å²) in [5, 5.41) is 0. The van der Waals surface area contributed by atoms with E-state index in [4.69, 9.17) is 0 Å². The van der Waals surface area contributed by atoms with E-state index in [9.17, 15) is 0 Å². The lowest BCUT2D eigenvalue weighted by atomic mass is 10.2. The molecule has 0 fully saturated rings. The SMILES string of the molecule is CC(I)N(C)Cc1ccccc1. The predicted octanol–water partition coefficient (Wildman–Crippen LogP) is 2.90. The molecule has 0 saturated heterocycles. The van der Waals surface area contributed by atoms with Gasteiger partial charge in [0.05, 0.1) is 4.05 Å². The van der Waals surface area contributed by atoms with Gasteiger partial charge >= 0.3 is 0 Å². The maximum Gasteiger partial charge on any atom is 0.0590 e. The molecule has 1 unspecified atom stereocenters. The Balaban J connectivity index is 2.53. The number of rotatable bonds is 3. The molecule has 1 atom stereocenters. The van der Waals surface area contributed by atoms with Gasteiger partial charge in [-0.15, -0.1) is 0 Å². The van der Waals surface area contributed by atoms with Crippen molar-refractivity contribution in [3.63, 3.8) is 0 Å². The minimum absolute atomic E-state index is 0.586. The molecule has 2 heteroatoms. The molecule has 1 aromatic carbocycles. The van der Waals surface area contributed by atoms with Crippen LogP contribution in [0.15, 0.2) is 30.3 Å². The predicted molar refractivity (Wildman–Crippen MR) is 61.4 cm³/mol. The topological polar surface area (TPSA) is 3.24 Å². The molecule has 1 nitrogen and oxygen atoms in total. The molecule has 1 rings (SSSR count). The summed E-state index contributed by atoms with van der Waals surface area (Å²) in [6, 6.07) is 10.5. The van der Waals surface area contributed by atoms with E-state index in [2.05, 4.69) is 71.8 Å². The van der Waals surface area contributed by atoms with Crippen LogP contribution in [0.5, 0.6) is 0 Å². The van der Waals surface area contributed by atoms with Gasteiger partial charge in [-0.25, -0.2) is 0 Å². The van der Waals surface area contributed by atoms with Gasteiger partial charge in [0.15, 0.2) is 0 Å². The van der Waals surface area contributed by atoms with Crippen molar-refractivity contribution in [3.8, 4) is 0 Å². The largest absolute Gasteiger partial charge is 0.291 e. The Morgan fingerprint density at radius 1 is 1.33 bits per heavy atom. The lowest BCUT2D eigenvalue weighted by Crippen LogP contribution is -2.22. The fourth-order valence-electron chi connectivity index (χ4n) is 0.997. The third-order valence-corrected chi connectivity index (χ3v) is 2.83. The van der Waals surface area contributed by atoms with Crippen molar-refractivity contribution in [3.05, 3.63) is 35.9 Å². The van der Waals surface area contributed by atoms with Gasteiger partial charge in [0.2, 0.25) is 0 Å². The molecule has 0 N–H and O–H groups in total. The van der Waals surface area contributed by atoms with Crippen molar-refractivity contribution >= 4 is 22.6 Å². The van der Waals surface area contributed by atoms with E-state index in [1.54, 1.807) is 0 Å². The standard InChI is InChI=1S/C10H14IN/c1-9(11)12(2)8-10-6-4-3-5-7-10/h3-7,9H,8H2,1-2H3. The second-order valence-electron chi connectivity index (χ2n) is 2.97. The van der Waals surface area contributed by atoms with Crippen LogP contribution in [0.4, 0.5) is 0 Å². The number of nitrogens with zero attached hydrogens (tertiary/aromatic N) is 1. The van der Waals surface area contributed by atoms with Gasteiger partial charge in [-0.2, -0.15) is 0 Å². The van der Waals surface area contributed by atoms with Gasteiger partial charge in [-0.1, -0.05) is 52.9 Å². The quantitative estimate of drug-likeness (QED) is 0.466. The van der Waals surface area contributed by atoms with Gasteiger partial charge in [0, 0.05) is 6.54 Å². The number of hydrogen-bond donors (Lipinski definition) is 0. The minimum Gasteiger partial charge on any atom is -0.291 e. The Labute approximate surface area is 87.9 Å². The van der Waals surface area contributed by atoms with Gasteiger partial charge in [0.25, 0.3) is 0 Å². The van der Waals surface area contributed by atoms with Crippen molar-refractivity contribution in [2.75, 3.05) is 7.05 Å². The Morgan fingerprint density at radius 2 is 1.92 bits per heavy atom. The van der Waals surface area contributed by atoms with E-state index in [0.29, 0.717) is 4.05 Å². The van der Waals surface area contributed by atoms with Crippen LogP contribution in [0.2, 0.25) is 0 Å². The maximum absolute atomic E-state index is 2.42. The fraction of sp³-hybridized carbons (Fsp3) is 0.400. The number of alkyl halides is 1. The smallest absolute Gasteiger partial charge is 0.0590 e. The zero-order valence-electron chi connectivity index (χ0n) is 7.50. The molecule has 66 valence electrons. The molecule has 0 aliphatic rings. The average Bonchev–Trinajstić information content (AvgIpc) is 2.06. The molecular formula is C10H14IN. The molecule has 0 aromatic heterocycles. The third-order valence-electron chi connectivity index (χ3n) is 1.88. The summed E-state index contributed by atoms with van der Waals surface area (Å²) in [7, 11) is 2.14. The molecule has 0 bridgehead atoms. The van der Waals surface area contributed by atoms with Crippen LogP contribution in [0.25, 0.3) is 0 Å². The molecule has 12 heavy (non-hydrogen) atoms. The van der Waals surface area contributed by atoms with E-state index in [-0.39, 0.29) is 0 Å². The van der Waals surface area contributed by atoms with Crippen LogP contribution in [0.3, 0.4) is 0 Å². The summed E-state index contributed by atoms with van der Waals surface area (Å²) in [6.45, 7) is 3.23.